The smallest absolute Gasteiger partial charge is 0.305 e. The van der Waals surface area contributed by atoms with Crippen LogP contribution >= 0.6 is 0 Å². The Hall–Kier alpha value is -0.910. The summed E-state index contributed by atoms with van der Waals surface area (Å²) in [6, 6.07) is 0. The standard InChI is InChI=1S/C19H36O5/c1-3-4-8-12-17(21)18(22)15-14-16(20)11-9-6-5-7-10-13-19(23)24-2/h14-18,20-22H,3-13H2,1-2H3/b15-14+. The average molecular weight is 344 g/mol. The first-order chi connectivity index (χ1) is 11.5. The molecule has 0 rings (SSSR count). The number of hydrogen-bond donors (Lipinski definition) is 3. The van der Waals surface area contributed by atoms with Gasteiger partial charge in [0.15, 0.2) is 0 Å². The molecule has 0 fully saturated rings. The highest BCUT2D eigenvalue weighted by Crippen LogP contribution is 2.11. The monoisotopic (exact) mass is 344 g/mol. The lowest BCUT2D eigenvalue weighted by Gasteiger charge is -2.14. The van der Waals surface area contributed by atoms with E-state index >= 15 is 0 Å². The third-order valence-corrected chi connectivity index (χ3v) is 4.14. The summed E-state index contributed by atoms with van der Waals surface area (Å²) in [6.45, 7) is 2.10. The minimum atomic E-state index is -0.908. The Morgan fingerprint density at radius 1 is 0.917 bits per heavy atom. The van der Waals surface area contributed by atoms with Gasteiger partial charge in [0.2, 0.25) is 0 Å². The fourth-order valence-corrected chi connectivity index (χ4v) is 2.50. The van der Waals surface area contributed by atoms with Crippen molar-refractivity contribution in [2.45, 2.75) is 95.9 Å². The van der Waals surface area contributed by atoms with Gasteiger partial charge in [-0.2, -0.15) is 0 Å². The number of carbonyl (C=O) groups excluding carboxylic acids is 1. The van der Waals surface area contributed by atoms with Crippen molar-refractivity contribution in [3.05, 3.63) is 12.2 Å². The summed E-state index contributed by atoms with van der Waals surface area (Å²) in [5, 5.41) is 29.5. The van der Waals surface area contributed by atoms with Crippen LogP contribution in [-0.4, -0.2) is 46.7 Å². The molecule has 142 valence electrons. The molecule has 0 bridgehead atoms. The zero-order valence-corrected chi connectivity index (χ0v) is 15.3. The van der Waals surface area contributed by atoms with Gasteiger partial charge in [-0.1, -0.05) is 64.0 Å². The van der Waals surface area contributed by atoms with Crippen LogP contribution in [0.25, 0.3) is 0 Å². The zero-order valence-electron chi connectivity index (χ0n) is 15.3. The molecular weight excluding hydrogens is 308 g/mol. The highest BCUT2D eigenvalue weighted by Gasteiger charge is 2.13. The first kappa shape index (κ1) is 23.1. The van der Waals surface area contributed by atoms with Crippen molar-refractivity contribution in [2.24, 2.45) is 0 Å². The van der Waals surface area contributed by atoms with Gasteiger partial charge in [-0.15, -0.1) is 0 Å². The Morgan fingerprint density at radius 3 is 2.21 bits per heavy atom. The first-order valence-electron chi connectivity index (χ1n) is 9.30. The number of hydrogen-bond acceptors (Lipinski definition) is 5. The van der Waals surface area contributed by atoms with E-state index in [0.29, 0.717) is 19.3 Å². The quantitative estimate of drug-likeness (QED) is 0.241. The molecule has 5 nitrogen and oxygen atoms in total. The second-order valence-corrected chi connectivity index (χ2v) is 6.39. The van der Waals surface area contributed by atoms with Crippen LogP contribution in [-0.2, 0) is 9.53 Å². The van der Waals surface area contributed by atoms with E-state index in [1.807, 2.05) is 0 Å². The lowest BCUT2D eigenvalue weighted by Crippen LogP contribution is -2.24. The van der Waals surface area contributed by atoms with Crippen LogP contribution in [0.5, 0.6) is 0 Å². The van der Waals surface area contributed by atoms with E-state index in [-0.39, 0.29) is 5.97 Å². The fourth-order valence-electron chi connectivity index (χ4n) is 2.50. The fraction of sp³-hybridized carbons (Fsp3) is 0.842. The number of methoxy groups -OCH3 is 1. The molecule has 0 aromatic rings. The highest BCUT2D eigenvalue weighted by atomic mass is 16.5. The molecule has 3 unspecified atom stereocenters. The molecule has 0 saturated heterocycles. The Labute approximate surface area is 146 Å². The molecule has 0 heterocycles. The summed E-state index contributed by atoms with van der Waals surface area (Å²) in [7, 11) is 1.40. The molecule has 0 aliphatic rings. The van der Waals surface area contributed by atoms with Crippen LogP contribution in [0.2, 0.25) is 0 Å². The van der Waals surface area contributed by atoms with E-state index in [4.69, 9.17) is 0 Å². The van der Waals surface area contributed by atoms with Crippen molar-refractivity contribution in [3.63, 3.8) is 0 Å². The van der Waals surface area contributed by atoms with Gasteiger partial charge in [0, 0.05) is 6.42 Å². The van der Waals surface area contributed by atoms with Crippen molar-refractivity contribution in [3.8, 4) is 0 Å². The molecule has 0 amide bonds. The van der Waals surface area contributed by atoms with E-state index in [1.54, 1.807) is 6.08 Å². The highest BCUT2D eigenvalue weighted by molar-refractivity contribution is 5.68. The van der Waals surface area contributed by atoms with Crippen LogP contribution in [0.3, 0.4) is 0 Å². The second-order valence-electron chi connectivity index (χ2n) is 6.39. The maximum atomic E-state index is 10.9. The molecule has 24 heavy (non-hydrogen) atoms. The number of esters is 1. The number of carbonyl (C=O) groups is 1. The lowest BCUT2D eigenvalue weighted by atomic mass is 10.0. The normalized spacial score (nSPS) is 15.4. The lowest BCUT2D eigenvalue weighted by molar-refractivity contribution is -0.140. The largest absolute Gasteiger partial charge is 0.469 e. The van der Waals surface area contributed by atoms with Gasteiger partial charge in [-0.25, -0.2) is 0 Å². The third-order valence-electron chi connectivity index (χ3n) is 4.14. The number of aliphatic hydroxyl groups excluding tert-OH is 3. The Bertz CT molecular complexity index is 330. The minimum absolute atomic E-state index is 0.161. The zero-order chi connectivity index (χ0) is 18.2. The Morgan fingerprint density at radius 2 is 1.54 bits per heavy atom. The summed E-state index contributed by atoms with van der Waals surface area (Å²) < 4.78 is 4.58. The number of unbranched alkanes of at least 4 members (excludes halogenated alkanes) is 6. The molecule has 0 radical (unpaired) electrons. The summed E-state index contributed by atoms with van der Waals surface area (Å²) in [5.41, 5.74) is 0. The Kier molecular flexibility index (Phi) is 15.0. The molecule has 3 atom stereocenters. The molecule has 0 spiro atoms. The SMILES string of the molecule is CCCCCC(O)C(O)/C=C/C(O)CCCCCCCC(=O)OC. The molecule has 0 aromatic carbocycles. The molecule has 3 N–H and O–H groups in total. The molecule has 0 aliphatic heterocycles. The minimum Gasteiger partial charge on any atom is -0.469 e. The van der Waals surface area contributed by atoms with Crippen molar-refractivity contribution < 1.29 is 24.9 Å². The molecule has 5 heteroatoms. The van der Waals surface area contributed by atoms with Crippen LogP contribution in [0.1, 0.15) is 77.6 Å². The van der Waals surface area contributed by atoms with Crippen molar-refractivity contribution in [2.75, 3.05) is 7.11 Å². The Balaban J connectivity index is 3.66. The van der Waals surface area contributed by atoms with E-state index in [0.717, 1.165) is 51.4 Å². The van der Waals surface area contributed by atoms with Crippen LogP contribution < -0.4 is 0 Å². The van der Waals surface area contributed by atoms with E-state index < -0.39 is 18.3 Å². The second kappa shape index (κ2) is 15.6. The molecule has 0 saturated carbocycles. The molecular formula is C19H36O5. The van der Waals surface area contributed by atoms with Crippen LogP contribution in [0.4, 0.5) is 0 Å². The van der Waals surface area contributed by atoms with Crippen molar-refractivity contribution in [1.29, 1.82) is 0 Å². The van der Waals surface area contributed by atoms with E-state index in [1.165, 1.54) is 13.2 Å². The molecule has 0 aliphatic carbocycles. The van der Waals surface area contributed by atoms with E-state index in [9.17, 15) is 20.1 Å². The van der Waals surface area contributed by atoms with Gasteiger partial charge in [0.1, 0.15) is 0 Å². The predicted molar refractivity (Wildman–Crippen MR) is 95.6 cm³/mol. The van der Waals surface area contributed by atoms with E-state index in [2.05, 4.69) is 11.7 Å². The number of ether oxygens (including phenoxy) is 1. The summed E-state index contributed by atoms with van der Waals surface area (Å²) >= 11 is 0. The maximum Gasteiger partial charge on any atom is 0.305 e. The predicted octanol–water partition coefficient (Wildman–Crippen LogP) is 3.11. The van der Waals surface area contributed by atoms with Crippen LogP contribution in [0, 0.1) is 0 Å². The van der Waals surface area contributed by atoms with Crippen molar-refractivity contribution >= 4 is 5.97 Å². The van der Waals surface area contributed by atoms with Crippen molar-refractivity contribution in [1.82, 2.24) is 0 Å². The van der Waals surface area contributed by atoms with Gasteiger partial charge in [-0.3, -0.25) is 4.79 Å². The van der Waals surface area contributed by atoms with Crippen LogP contribution in [0.15, 0.2) is 12.2 Å². The van der Waals surface area contributed by atoms with Gasteiger partial charge in [0.25, 0.3) is 0 Å². The van der Waals surface area contributed by atoms with Gasteiger partial charge >= 0.3 is 5.97 Å². The third kappa shape index (κ3) is 13.5. The van der Waals surface area contributed by atoms with Gasteiger partial charge < -0.3 is 20.1 Å². The van der Waals surface area contributed by atoms with Gasteiger partial charge in [0.05, 0.1) is 25.4 Å². The number of rotatable bonds is 15. The average Bonchev–Trinajstić information content (AvgIpc) is 2.58. The summed E-state index contributed by atoms with van der Waals surface area (Å²) in [4.78, 5) is 10.9. The summed E-state index contributed by atoms with van der Waals surface area (Å²) in [5.74, 6) is -0.161. The molecule has 0 aromatic heterocycles. The first-order valence-corrected chi connectivity index (χ1v) is 9.30. The van der Waals surface area contributed by atoms with Gasteiger partial charge in [-0.05, 0) is 19.3 Å². The summed E-state index contributed by atoms with van der Waals surface area (Å²) in [6.07, 6.45) is 10.3. The topological polar surface area (TPSA) is 87.0 Å². The number of aliphatic hydroxyl groups is 3. The maximum absolute atomic E-state index is 10.9.